The van der Waals surface area contributed by atoms with Gasteiger partial charge in [-0.3, -0.25) is 9.69 Å². The van der Waals surface area contributed by atoms with Crippen molar-refractivity contribution >= 4 is 5.91 Å². The molecule has 5 atom stereocenters. The van der Waals surface area contributed by atoms with Crippen LogP contribution in [0.2, 0.25) is 0 Å². The zero-order chi connectivity index (χ0) is 29.6. The highest BCUT2D eigenvalue weighted by Gasteiger charge is 2.67. The number of rotatable bonds is 13. The molecule has 43 heavy (non-hydrogen) atoms. The molecule has 0 unspecified atom stereocenters. The number of phenols is 1. The monoisotopic (exact) mass is 586 g/mol. The molecule has 1 amide bonds. The molecule has 2 aromatic rings. The normalized spacial score (nSPS) is 28.7. The van der Waals surface area contributed by atoms with Crippen molar-refractivity contribution in [2.75, 3.05) is 26.7 Å². The van der Waals surface area contributed by atoms with E-state index in [-0.39, 0.29) is 23.5 Å². The minimum Gasteiger partial charge on any atom is -0.508 e. The second kappa shape index (κ2) is 12.0. The fraction of sp³-hybridized carbons (Fsp3) is 0.649. The molecule has 5 aliphatic rings. The lowest BCUT2D eigenvalue weighted by atomic mass is 9.50. The minimum absolute atomic E-state index is 0.0560. The SMILES string of the molecule is CCN(C(=O)CCCCCCCc1ccccc1)[C@H]1CC[C@H]2[C@H]3Cc4c(O)cc(OC)c5c4[C@@]2(CCN3CC2CC2)[C@H]1O5. The van der Waals surface area contributed by atoms with Crippen LogP contribution in [0.5, 0.6) is 17.2 Å². The second-order valence-electron chi connectivity index (χ2n) is 14.0. The van der Waals surface area contributed by atoms with Gasteiger partial charge in [0.05, 0.1) is 13.2 Å². The summed E-state index contributed by atoms with van der Waals surface area (Å²) in [6, 6.07) is 13.0. The lowest BCUT2D eigenvalue weighted by Crippen LogP contribution is -2.69. The molecule has 3 fully saturated rings. The maximum absolute atomic E-state index is 13.8. The van der Waals surface area contributed by atoms with E-state index in [1.54, 1.807) is 13.2 Å². The molecule has 1 N–H and O–H groups in total. The van der Waals surface area contributed by atoms with Gasteiger partial charge in [-0.25, -0.2) is 0 Å². The van der Waals surface area contributed by atoms with Gasteiger partial charge in [0.1, 0.15) is 11.9 Å². The van der Waals surface area contributed by atoms with Crippen molar-refractivity contribution in [1.82, 2.24) is 9.80 Å². The second-order valence-corrected chi connectivity index (χ2v) is 14.0. The molecule has 2 heterocycles. The van der Waals surface area contributed by atoms with Crippen molar-refractivity contribution in [2.45, 2.75) is 114 Å². The highest BCUT2D eigenvalue weighted by Crippen LogP contribution is 2.65. The first-order valence-corrected chi connectivity index (χ1v) is 17.2. The molecule has 232 valence electrons. The number of phenolic OH excluding ortho intramolecular Hbond substituents is 1. The van der Waals surface area contributed by atoms with E-state index < -0.39 is 0 Å². The molecular formula is C37H50N2O4. The number of amides is 1. The summed E-state index contributed by atoms with van der Waals surface area (Å²) in [5.74, 6) is 3.44. The largest absolute Gasteiger partial charge is 0.508 e. The molecule has 2 bridgehead atoms. The van der Waals surface area contributed by atoms with Crippen molar-refractivity contribution in [3.8, 4) is 17.2 Å². The Kier molecular flexibility index (Phi) is 8.09. The molecular weight excluding hydrogens is 536 g/mol. The minimum atomic E-state index is -0.158. The van der Waals surface area contributed by atoms with Crippen LogP contribution in [-0.4, -0.2) is 65.7 Å². The van der Waals surface area contributed by atoms with E-state index in [1.807, 2.05) is 0 Å². The topological polar surface area (TPSA) is 62.2 Å². The predicted octanol–water partition coefficient (Wildman–Crippen LogP) is 6.65. The lowest BCUT2D eigenvalue weighted by Gasteiger charge is -2.60. The van der Waals surface area contributed by atoms with Gasteiger partial charge in [0.2, 0.25) is 5.91 Å². The van der Waals surface area contributed by atoms with Crippen LogP contribution >= 0.6 is 0 Å². The van der Waals surface area contributed by atoms with Gasteiger partial charge >= 0.3 is 0 Å². The molecule has 1 spiro atoms. The van der Waals surface area contributed by atoms with Gasteiger partial charge in [-0.2, -0.15) is 0 Å². The van der Waals surface area contributed by atoms with E-state index >= 15 is 0 Å². The maximum atomic E-state index is 13.8. The maximum Gasteiger partial charge on any atom is 0.222 e. The Morgan fingerprint density at radius 1 is 1.09 bits per heavy atom. The van der Waals surface area contributed by atoms with Gasteiger partial charge in [-0.1, -0.05) is 49.6 Å². The number of carbonyl (C=O) groups is 1. The summed E-state index contributed by atoms with van der Waals surface area (Å²) in [5.41, 5.74) is 3.54. The average Bonchev–Trinajstić information content (AvgIpc) is 3.78. The van der Waals surface area contributed by atoms with Crippen LogP contribution in [0.4, 0.5) is 0 Å². The van der Waals surface area contributed by atoms with Crippen LogP contribution in [0.25, 0.3) is 0 Å². The van der Waals surface area contributed by atoms with Crippen molar-refractivity contribution in [3.05, 3.63) is 53.1 Å². The zero-order valence-electron chi connectivity index (χ0n) is 26.2. The van der Waals surface area contributed by atoms with Crippen LogP contribution in [0.3, 0.4) is 0 Å². The van der Waals surface area contributed by atoms with E-state index in [4.69, 9.17) is 9.47 Å². The highest BCUT2D eigenvalue weighted by molar-refractivity contribution is 5.77. The molecule has 0 radical (unpaired) electrons. The number of likely N-dealkylation sites (N-methyl/N-ethyl adjacent to an activating group) is 1. The van der Waals surface area contributed by atoms with Gasteiger partial charge in [-0.05, 0) is 88.7 Å². The van der Waals surface area contributed by atoms with Gasteiger partial charge in [-0.15, -0.1) is 0 Å². The summed E-state index contributed by atoms with van der Waals surface area (Å²) >= 11 is 0. The average molecular weight is 587 g/mol. The first-order valence-electron chi connectivity index (χ1n) is 17.2. The van der Waals surface area contributed by atoms with Gasteiger partial charge < -0.3 is 19.5 Å². The first kappa shape index (κ1) is 29.0. The Bertz CT molecular complexity index is 1310. The number of likely N-dealkylation sites (tertiary alicyclic amines) is 1. The molecule has 2 aliphatic heterocycles. The highest BCUT2D eigenvalue weighted by atomic mass is 16.5. The summed E-state index contributed by atoms with van der Waals surface area (Å²) in [6.07, 6.45) is 14.1. The van der Waals surface area contributed by atoms with E-state index in [2.05, 4.69) is 47.1 Å². The van der Waals surface area contributed by atoms with E-state index in [0.717, 1.165) is 68.7 Å². The van der Waals surface area contributed by atoms with Gasteiger partial charge in [0.15, 0.2) is 11.5 Å². The lowest BCUT2D eigenvalue weighted by molar-refractivity contribution is -0.142. The fourth-order valence-corrected chi connectivity index (χ4v) is 9.50. The Morgan fingerprint density at radius 2 is 1.88 bits per heavy atom. The predicted molar refractivity (Wildman–Crippen MR) is 169 cm³/mol. The van der Waals surface area contributed by atoms with Crippen LogP contribution in [-0.2, 0) is 23.1 Å². The van der Waals surface area contributed by atoms with Crippen LogP contribution in [0, 0.1) is 11.8 Å². The number of aryl methyl sites for hydroxylation is 1. The molecule has 6 nitrogen and oxygen atoms in total. The Morgan fingerprint density at radius 3 is 2.65 bits per heavy atom. The van der Waals surface area contributed by atoms with Gasteiger partial charge in [0, 0.05) is 48.2 Å². The smallest absolute Gasteiger partial charge is 0.222 e. The summed E-state index contributed by atoms with van der Waals surface area (Å²) in [4.78, 5) is 18.7. The number of piperidine rings is 1. The third-order valence-electron chi connectivity index (χ3n) is 11.7. The number of methoxy groups -OCH3 is 1. The number of unbranched alkanes of at least 4 members (excludes halogenated alkanes) is 4. The van der Waals surface area contributed by atoms with Crippen molar-refractivity contribution in [3.63, 3.8) is 0 Å². The molecule has 2 saturated carbocycles. The Balaban J connectivity index is 1.05. The first-order chi connectivity index (χ1) is 21.0. The number of nitrogens with zero attached hydrogens (tertiary/aromatic N) is 2. The van der Waals surface area contributed by atoms with Crippen LogP contribution < -0.4 is 9.47 Å². The number of benzene rings is 2. The third kappa shape index (κ3) is 5.11. The summed E-state index contributed by atoms with van der Waals surface area (Å²) in [6.45, 7) is 5.11. The van der Waals surface area contributed by atoms with Crippen molar-refractivity contribution in [2.24, 2.45) is 11.8 Å². The fourth-order valence-electron chi connectivity index (χ4n) is 9.50. The van der Waals surface area contributed by atoms with Crippen LogP contribution in [0.1, 0.15) is 94.2 Å². The van der Waals surface area contributed by atoms with E-state index in [1.165, 1.54) is 49.8 Å². The molecule has 2 aromatic carbocycles. The number of aromatic hydroxyl groups is 1. The third-order valence-corrected chi connectivity index (χ3v) is 11.7. The molecule has 7 rings (SSSR count). The molecule has 6 heteroatoms. The number of ether oxygens (including phenoxy) is 2. The Labute approximate surface area is 257 Å². The molecule has 1 saturated heterocycles. The zero-order valence-corrected chi connectivity index (χ0v) is 26.2. The van der Waals surface area contributed by atoms with Crippen molar-refractivity contribution in [1.29, 1.82) is 0 Å². The van der Waals surface area contributed by atoms with Gasteiger partial charge in [0.25, 0.3) is 0 Å². The van der Waals surface area contributed by atoms with Crippen molar-refractivity contribution < 1.29 is 19.4 Å². The number of carbonyl (C=O) groups excluding carboxylic acids is 1. The van der Waals surface area contributed by atoms with E-state index in [9.17, 15) is 9.90 Å². The molecule has 3 aliphatic carbocycles. The summed E-state index contributed by atoms with van der Waals surface area (Å²) in [7, 11) is 1.67. The standard InChI is InChI=1S/C37H50N2O4/c1-3-39(33(41)15-11-6-4-5-8-12-25-13-9-7-10-14-25)29-19-18-28-30-22-27-31(40)23-32(42-2)35-34(27)37(28,36(29)43-35)20-21-38(30)24-26-16-17-26/h7,9-10,13-14,23,26,28-30,36,40H,3-6,8,11-12,15-22,24H2,1-2H3/t28-,29-,30+,36-,37-/m0/s1. The summed E-state index contributed by atoms with van der Waals surface area (Å²) < 4.78 is 12.8. The molecule has 0 aromatic heterocycles. The Hall–Kier alpha value is -2.73. The summed E-state index contributed by atoms with van der Waals surface area (Å²) in [5, 5.41) is 11.3. The van der Waals surface area contributed by atoms with E-state index in [0.29, 0.717) is 36.4 Å². The quantitative estimate of drug-likeness (QED) is 0.266. The number of hydrogen-bond donors (Lipinski definition) is 1. The van der Waals surface area contributed by atoms with Crippen LogP contribution in [0.15, 0.2) is 36.4 Å². The number of hydrogen-bond acceptors (Lipinski definition) is 5.